The van der Waals surface area contributed by atoms with Gasteiger partial charge < -0.3 is 10.8 Å². The van der Waals surface area contributed by atoms with Gasteiger partial charge in [0, 0.05) is 5.02 Å². The van der Waals surface area contributed by atoms with Gasteiger partial charge in [0.1, 0.15) is 0 Å². The molecular weight excluding hydrogens is 222 g/mol. The molecule has 0 amide bonds. The number of rotatable bonds is 2. The third kappa shape index (κ3) is 2.40. The van der Waals surface area contributed by atoms with E-state index in [2.05, 4.69) is 0 Å². The van der Waals surface area contributed by atoms with Crippen molar-refractivity contribution in [1.82, 2.24) is 0 Å². The molecule has 0 radical (unpaired) electrons. The Morgan fingerprint density at radius 3 is 2.56 bits per heavy atom. The highest BCUT2D eigenvalue weighted by Crippen LogP contribution is 2.37. The van der Waals surface area contributed by atoms with Gasteiger partial charge in [0.15, 0.2) is 0 Å². The maximum Gasteiger partial charge on any atom is 0.0839 e. The second-order valence-corrected chi connectivity index (χ2v) is 5.13. The van der Waals surface area contributed by atoms with Gasteiger partial charge in [-0.15, -0.1) is 0 Å². The van der Waals surface area contributed by atoms with Crippen molar-refractivity contribution < 1.29 is 5.11 Å². The van der Waals surface area contributed by atoms with Crippen molar-refractivity contribution in [3.63, 3.8) is 0 Å². The second kappa shape index (κ2) is 4.74. The fourth-order valence-electron chi connectivity index (χ4n) is 2.49. The lowest BCUT2D eigenvalue weighted by molar-refractivity contribution is -0.0202. The van der Waals surface area contributed by atoms with E-state index < -0.39 is 5.60 Å². The molecule has 16 heavy (non-hydrogen) atoms. The van der Waals surface area contributed by atoms with Gasteiger partial charge in [-0.25, -0.2) is 0 Å². The number of aliphatic hydroxyl groups is 1. The standard InChI is InChI=1S/C13H18ClNO/c14-11-6-4-5-10(9-11)12(15)13(16)7-2-1-3-8-13/h4-6,9,12,16H,1-3,7-8,15H2. The molecule has 0 bridgehead atoms. The molecule has 1 fully saturated rings. The van der Waals surface area contributed by atoms with Gasteiger partial charge in [-0.05, 0) is 30.5 Å². The normalized spacial score (nSPS) is 21.7. The Morgan fingerprint density at radius 1 is 1.25 bits per heavy atom. The summed E-state index contributed by atoms with van der Waals surface area (Å²) in [6, 6.07) is 7.15. The van der Waals surface area contributed by atoms with E-state index in [1.54, 1.807) is 0 Å². The fraction of sp³-hybridized carbons (Fsp3) is 0.538. The van der Waals surface area contributed by atoms with Crippen LogP contribution in [0.1, 0.15) is 43.7 Å². The van der Waals surface area contributed by atoms with Gasteiger partial charge in [0.25, 0.3) is 0 Å². The fourth-order valence-corrected chi connectivity index (χ4v) is 2.68. The molecule has 1 aliphatic rings. The Kier molecular flexibility index (Phi) is 3.53. The van der Waals surface area contributed by atoms with Crippen molar-refractivity contribution in [2.45, 2.75) is 43.7 Å². The Balaban J connectivity index is 2.20. The van der Waals surface area contributed by atoms with Crippen molar-refractivity contribution in [2.75, 3.05) is 0 Å². The van der Waals surface area contributed by atoms with Gasteiger partial charge >= 0.3 is 0 Å². The number of benzene rings is 1. The maximum atomic E-state index is 10.5. The molecule has 1 atom stereocenters. The molecule has 2 nitrogen and oxygen atoms in total. The summed E-state index contributed by atoms with van der Waals surface area (Å²) in [6.45, 7) is 0. The van der Waals surface area contributed by atoms with Crippen molar-refractivity contribution >= 4 is 11.6 Å². The van der Waals surface area contributed by atoms with Crippen LogP contribution in [-0.2, 0) is 0 Å². The van der Waals surface area contributed by atoms with Crippen LogP contribution in [0, 0.1) is 0 Å². The minimum atomic E-state index is -0.747. The van der Waals surface area contributed by atoms with Crippen LogP contribution in [0.3, 0.4) is 0 Å². The van der Waals surface area contributed by atoms with Crippen LogP contribution in [0.25, 0.3) is 0 Å². The van der Waals surface area contributed by atoms with Crippen LogP contribution in [0.5, 0.6) is 0 Å². The Bertz CT molecular complexity index is 361. The molecule has 1 saturated carbocycles. The van der Waals surface area contributed by atoms with Crippen LogP contribution >= 0.6 is 11.6 Å². The van der Waals surface area contributed by atoms with Crippen LogP contribution < -0.4 is 5.73 Å². The lowest BCUT2D eigenvalue weighted by atomic mass is 9.77. The zero-order valence-electron chi connectivity index (χ0n) is 9.32. The van der Waals surface area contributed by atoms with E-state index in [-0.39, 0.29) is 6.04 Å². The van der Waals surface area contributed by atoms with Crippen molar-refractivity contribution in [1.29, 1.82) is 0 Å². The number of hydrogen-bond acceptors (Lipinski definition) is 2. The third-order valence-electron chi connectivity index (χ3n) is 3.51. The average Bonchev–Trinajstić information content (AvgIpc) is 2.29. The zero-order valence-corrected chi connectivity index (χ0v) is 10.1. The lowest BCUT2D eigenvalue weighted by Gasteiger charge is -2.37. The molecule has 0 aliphatic heterocycles. The summed E-state index contributed by atoms with van der Waals surface area (Å²) in [4.78, 5) is 0. The van der Waals surface area contributed by atoms with Crippen molar-refractivity contribution in [3.8, 4) is 0 Å². The van der Waals surface area contributed by atoms with Gasteiger partial charge in [-0.3, -0.25) is 0 Å². The first-order chi connectivity index (χ1) is 7.62. The lowest BCUT2D eigenvalue weighted by Crippen LogP contribution is -2.42. The smallest absolute Gasteiger partial charge is 0.0839 e. The van der Waals surface area contributed by atoms with Crippen LogP contribution in [0.15, 0.2) is 24.3 Å². The first-order valence-corrected chi connectivity index (χ1v) is 6.23. The Hall–Kier alpha value is -0.570. The highest BCUT2D eigenvalue weighted by atomic mass is 35.5. The molecule has 0 saturated heterocycles. The van der Waals surface area contributed by atoms with Gasteiger partial charge in [-0.2, -0.15) is 0 Å². The van der Waals surface area contributed by atoms with E-state index in [0.717, 1.165) is 31.2 Å². The van der Waals surface area contributed by atoms with E-state index in [9.17, 15) is 5.11 Å². The zero-order chi connectivity index (χ0) is 11.6. The van der Waals surface area contributed by atoms with E-state index >= 15 is 0 Å². The molecular formula is C13H18ClNO. The quantitative estimate of drug-likeness (QED) is 0.833. The summed E-state index contributed by atoms with van der Waals surface area (Å²) in [5, 5.41) is 11.2. The Labute approximate surface area is 101 Å². The minimum Gasteiger partial charge on any atom is -0.388 e. The summed E-state index contributed by atoms with van der Waals surface area (Å²) < 4.78 is 0. The molecule has 0 heterocycles. The van der Waals surface area contributed by atoms with E-state index in [1.807, 2.05) is 24.3 Å². The molecule has 0 spiro atoms. The minimum absolute atomic E-state index is 0.327. The average molecular weight is 240 g/mol. The highest BCUT2D eigenvalue weighted by Gasteiger charge is 2.36. The monoisotopic (exact) mass is 239 g/mol. The van der Waals surface area contributed by atoms with Crippen LogP contribution in [0.2, 0.25) is 5.02 Å². The third-order valence-corrected chi connectivity index (χ3v) is 3.74. The predicted molar refractivity (Wildman–Crippen MR) is 66.4 cm³/mol. The predicted octanol–water partition coefficient (Wildman–Crippen LogP) is 3.04. The molecule has 3 heteroatoms. The summed E-state index contributed by atoms with van der Waals surface area (Å²) >= 11 is 5.94. The first-order valence-electron chi connectivity index (χ1n) is 5.85. The molecule has 1 aromatic rings. The number of halogens is 1. The van der Waals surface area contributed by atoms with Crippen LogP contribution in [-0.4, -0.2) is 10.7 Å². The van der Waals surface area contributed by atoms with Gasteiger partial charge in [-0.1, -0.05) is 43.0 Å². The largest absolute Gasteiger partial charge is 0.388 e. The number of hydrogen-bond donors (Lipinski definition) is 2. The highest BCUT2D eigenvalue weighted by molar-refractivity contribution is 6.30. The summed E-state index contributed by atoms with van der Waals surface area (Å²) in [6.07, 6.45) is 4.90. The molecule has 1 aliphatic carbocycles. The second-order valence-electron chi connectivity index (χ2n) is 4.70. The molecule has 1 aromatic carbocycles. The molecule has 88 valence electrons. The van der Waals surface area contributed by atoms with Crippen molar-refractivity contribution in [2.24, 2.45) is 5.73 Å². The maximum absolute atomic E-state index is 10.5. The molecule has 3 N–H and O–H groups in total. The SMILES string of the molecule is NC(c1cccc(Cl)c1)C1(O)CCCCC1. The molecule has 1 unspecified atom stereocenters. The summed E-state index contributed by atoms with van der Waals surface area (Å²) in [5.41, 5.74) is 6.34. The van der Waals surface area contributed by atoms with Crippen LogP contribution in [0.4, 0.5) is 0 Å². The topological polar surface area (TPSA) is 46.2 Å². The first kappa shape index (κ1) is 11.9. The van der Waals surface area contributed by atoms with E-state index in [1.165, 1.54) is 6.42 Å². The van der Waals surface area contributed by atoms with E-state index in [0.29, 0.717) is 5.02 Å². The Morgan fingerprint density at radius 2 is 1.94 bits per heavy atom. The summed E-state index contributed by atoms with van der Waals surface area (Å²) in [7, 11) is 0. The summed E-state index contributed by atoms with van der Waals surface area (Å²) in [5.74, 6) is 0. The molecule has 2 rings (SSSR count). The molecule has 0 aromatic heterocycles. The van der Waals surface area contributed by atoms with E-state index in [4.69, 9.17) is 17.3 Å². The van der Waals surface area contributed by atoms with Gasteiger partial charge in [0.2, 0.25) is 0 Å². The van der Waals surface area contributed by atoms with Crippen molar-refractivity contribution in [3.05, 3.63) is 34.9 Å². The van der Waals surface area contributed by atoms with Gasteiger partial charge in [0.05, 0.1) is 11.6 Å². The number of nitrogens with two attached hydrogens (primary N) is 1.